The van der Waals surface area contributed by atoms with E-state index >= 15 is 0 Å². The summed E-state index contributed by atoms with van der Waals surface area (Å²) in [5, 5.41) is 13.0. The van der Waals surface area contributed by atoms with Crippen LogP contribution in [0.3, 0.4) is 0 Å². The number of carbonyl (C=O) groups excluding carboxylic acids is 2. The summed E-state index contributed by atoms with van der Waals surface area (Å²) in [5.74, 6) is -3.35. The minimum Gasteiger partial charge on any atom is -0.503 e. The summed E-state index contributed by atoms with van der Waals surface area (Å²) >= 11 is 0. The van der Waals surface area contributed by atoms with Gasteiger partial charge in [0.05, 0.1) is 24.9 Å². The van der Waals surface area contributed by atoms with E-state index in [4.69, 9.17) is 4.74 Å². The molecule has 3 aromatic rings. The Labute approximate surface area is 205 Å². The van der Waals surface area contributed by atoms with Crippen molar-refractivity contribution >= 4 is 12.2 Å². The molecule has 2 aromatic heterocycles. The molecular weight excluding hydrogens is 474 g/mol. The van der Waals surface area contributed by atoms with Crippen molar-refractivity contribution in [2.75, 3.05) is 20.2 Å². The highest BCUT2D eigenvalue weighted by atomic mass is 19.1. The molecule has 1 aliphatic heterocycles. The molecule has 0 saturated carbocycles. The minimum absolute atomic E-state index is 0.0126. The molecule has 0 aliphatic carbocycles. The van der Waals surface area contributed by atoms with Crippen LogP contribution in [-0.4, -0.2) is 52.0 Å². The van der Waals surface area contributed by atoms with Crippen molar-refractivity contribution in [3.05, 3.63) is 92.7 Å². The largest absolute Gasteiger partial charge is 0.503 e. The second kappa shape index (κ2) is 10.8. The van der Waals surface area contributed by atoms with E-state index in [9.17, 15) is 28.3 Å². The molecule has 1 amide bonds. The highest BCUT2D eigenvalue weighted by molar-refractivity contribution is 5.96. The van der Waals surface area contributed by atoms with Gasteiger partial charge in [-0.2, -0.15) is 0 Å². The zero-order valence-corrected chi connectivity index (χ0v) is 19.4. The van der Waals surface area contributed by atoms with E-state index in [1.807, 2.05) is 24.1 Å². The van der Waals surface area contributed by atoms with Crippen molar-refractivity contribution in [3.8, 4) is 5.75 Å². The number of ether oxygens (including phenoxy) is 1. The standard InChI is InChI=1S/C25H24F2N4O5/c1-30(10-15-3-2-6-28-8-15)11-18-13-36-14-21-22(24(34)23(33)20(12-32)31(18)21)25(35)29-9-16-4-5-17(26)7-19(16)27/h2-8,12,18,33H,9-11,13-14H2,1H3,(H,29,35). The summed E-state index contributed by atoms with van der Waals surface area (Å²) in [7, 11) is 1.86. The molecule has 3 heterocycles. The number of aldehydes is 1. The van der Waals surface area contributed by atoms with Crippen molar-refractivity contribution in [2.24, 2.45) is 0 Å². The number of aromatic nitrogens is 2. The lowest BCUT2D eigenvalue weighted by molar-refractivity contribution is 0.0415. The van der Waals surface area contributed by atoms with E-state index < -0.39 is 40.3 Å². The summed E-state index contributed by atoms with van der Waals surface area (Å²) in [6.07, 6.45) is 3.77. The average molecular weight is 498 g/mol. The predicted molar refractivity (Wildman–Crippen MR) is 125 cm³/mol. The Morgan fingerprint density at radius 1 is 1.36 bits per heavy atom. The van der Waals surface area contributed by atoms with Gasteiger partial charge in [0.1, 0.15) is 22.9 Å². The Kier molecular flexibility index (Phi) is 7.51. The third-order valence-electron chi connectivity index (χ3n) is 5.93. The van der Waals surface area contributed by atoms with Gasteiger partial charge in [0.2, 0.25) is 5.43 Å². The monoisotopic (exact) mass is 498 g/mol. The van der Waals surface area contributed by atoms with Crippen LogP contribution in [0.2, 0.25) is 0 Å². The van der Waals surface area contributed by atoms with E-state index in [0.29, 0.717) is 25.4 Å². The van der Waals surface area contributed by atoms with Crippen LogP contribution in [0.25, 0.3) is 0 Å². The van der Waals surface area contributed by atoms with Crippen LogP contribution in [0, 0.1) is 11.6 Å². The van der Waals surface area contributed by atoms with Gasteiger partial charge in [-0.25, -0.2) is 8.78 Å². The van der Waals surface area contributed by atoms with Crippen molar-refractivity contribution in [1.82, 2.24) is 19.8 Å². The summed E-state index contributed by atoms with van der Waals surface area (Å²) < 4.78 is 34.3. The van der Waals surface area contributed by atoms with Crippen molar-refractivity contribution in [2.45, 2.75) is 25.7 Å². The lowest BCUT2D eigenvalue weighted by Gasteiger charge is -2.34. The van der Waals surface area contributed by atoms with Crippen molar-refractivity contribution < 1.29 is 28.2 Å². The van der Waals surface area contributed by atoms with E-state index in [1.54, 1.807) is 12.4 Å². The Morgan fingerprint density at radius 3 is 2.86 bits per heavy atom. The maximum Gasteiger partial charge on any atom is 0.257 e. The first kappa shape index (κ1) is 25.1. The highest BCUT2D eigenvalue weighted by Crippen LogP contribution is 2.27. The van der Waals surface area contributed by atoms with Crippen molar-refractivity contribution in [3.63, 3.8) is 0 Å². The molecule has 0 fully saturated rings. The fourth-order valence-electron chi connectivity index (χ4n) is 4.31. The van der Waals surface area contributed by atoms with Gasteiger partial charge in [0, 0.05) is 43.7 Å². The maximum atomic E-state index is 14.0. The summed E-state index contributed by atoms with van der Waals surface area (Å²) in [4.78, 5) is 43.8. The fraction of sp³-hybridized carbons (Fsp3) is 0.280. The number of halogens is 2. The number of rotatable bonds is 8. The van der Waals surface area contributed by atoms with Crippen LogP contribution in [0.1, 0.15) is 43.7 Å². The Bertz CT molecular complexity index is 1350. The molecule has 9 nitrogen and oxygen atoms in total. The van der Waals surface area contributed by atoms with Gasteiger partial charge in [-0.1, -0.05) is 12.1 Å². The second-order valence-corrected chi connectivity index (χ2v) is 8.52. The summed E-state index contributed by atoms with van der Waals surface area (Å²) in [6.45, 7) is 0.617. The number of likely N-dealkylation sites (N-methyl/N-ethyl adjacent to an activating group) is 1. The minimum atomic E-state index is -1.03. The van der Waals surface area contributed by atoms with E-state index in [0.717, 1.165) is 11.6 Å². The molecule has 1 aromatic carbocycles. The molecule has 1 aliphatic rings. The number of hydrogen-bond acceptors (Lipinski definition) is 7. The molecule has 188 valence electrons. The average Bonchev–Trinajstić information content (AvgIpc) is 2.85. The number of carbonyl (C=O) groups is 2. The lowest BCUT2D eigenvalue weighted by Crippen LogP contribution is -2.40. The number of aromatic hydroxyl groups is 1. The zero-order valence-electron chi connectivity index (χ0n) is 19.4. The molecule has 0 spiro atoms. The number of fused-ring (bicyclic) bond motifs is 1. The Balaban J connectivity index is 1.64. The van der Waals surface area contributed by atoms with Gasteiger partial charge in [-0.15, -0.1) is 0 Å². The van der Waals surface area contributed by atoms with E-state index in [2.05, 4.69) is 10.3 Å². The summed E-state index contributed by atoms with van der Waals surface area (Å²) in [6, 6.07) is 6.15. The lowest BCUT2D eigenvalue weighted by atomic mass is 10.1. The molecule has 1 atom stereocenters. The van der Waals surface area contributed by atoms with E-state index in [1.165, 1.54) is 10.6 Å². The van der Waals surface area contributed by atoms with Crippen LogP contribution in [0.4, 0.5) is 8.78 Å². The van der Waals surface area contributed by atoms with Gasteiger partial charge in [0.15, 0.2) is 12.0 Å². The third-order valence-corrected chi connectivity index (χ3v) is 5.93. The molecule has 36 heavy (non-hydrogen) atoms. The van der Waals surface area contributed by atoms with Gasteiger partial charge >= 0.3 is 0 Å². The zero-order chi connectivity index (χ0) is 25.8. The predicted octanol–water partition coefficient (Wildman–Crippen LogP) is 2.17. The normalized spacial score (nSPS) is 14.9. The Hall–Kier alpha value is -3.96. The second-order valence-electron chi connectivity index (χ2n) is 8.52. The number of nitrogens with one attached hydrogen (secondary N) is 1. The number of benzene rings is 1. The number of amides is 1. The molecule has 0 bridgehead atoms. The van der Waals surface area contributed by atoms with Crippen LogP contribution in [0.5, 0.6) is 5.75 Å². The van der Waals surface area contributed by atoms with Crippen LogP contribution < -0.4 is 10.7 Å². The van der Waals surface area contributed by atoms with Crippen LogP contribution in [-0.2, 0) is 24.4 Å². The molecule has 11 heteroatoms. The summed E-state index contributed by atoms with van der Waals surface area (Å²) in [5.41, 5.74) is -0.585. The molecule has 1 unspecified atom stereocenters. The molecule has 0 radical (unpaired) electrons. The molecular formula is C25H24F2N4O5. The smallest absolute Gasteiger partial charge is 0.257 e. The van der Waals surface area contributed by atoms with Crippen LogP contribution >= 0.6 is 0 Å². The Morgan fingerprint density at radius 2 is 2.17 bits per heavy atom. The first-order chi connectivity index (χ1) is 17.3. The topological polar surface area (TPSA) is 114 Å². The van der Waals surface area contributed by atoms with Crippen LogP contribution in [0.15, 0.2) is 47.5 Å². The van der Waals surface area contributed by atoms with Crippen molar-refractivity contribution in [1.29, 1.82) is 0 Å². The number of nitrogens with zero attached hydrogens (tertiary/aromatic N) is 3. The molecule has 2 N–H and O–H groups in total. The number of hydrogen-bond donors (Lipinski definition) is 2. The maximum absolute atomic E-state index is 14.0. The SMILES string of the molecule is CN(Cc1cccnc1)CC1COCc2c(C(=O)NCc3ccc(F)cc3F)c(=O)c(O)c(C=O)n21. The fourth-order valence-corrected chi connectivity index (χ4v) is 4.31. The first-order valence-corrected chi connectivity index (χ1v) is 11.1. The quantitative estimate of drug-likeness (QED) is 0.458. The van der Waals surface area contributed by atoms with E-state index in [-0.39, 0.29) is 36.7 Å². The van der Waals surface area contributed by atoms with Gasteiger partial charge in [0.25, 0.3) is 5.91 Å². The highest BCUT2D eigenvalue weighted by Gasteiger charge is 2.32. The van der Waals surface area contributed by atoms with Gasteiger partial charge < -0.3 is 19.7 Å². The molecule has 0 saturated heterocycles. The van der Waals surface area contributed by atoms with Gasteiger partial charge in [-0.05, 0) is 24.7 Å². The number of pyridine rings is 2. The third kappa shape index (κ3) is 5.16. The van der Waals surface area contributed by atoms with Gasteiger partial charge in [-0.3, -0.25) is 24.3 Å². The molecule has 4 rings (SSSR count). The first-order valence-electron chi connectivity index (χ1n) is 11.1.